The lowest BCUT2D eigenvalue weighted by molar-refractivity contribution is 0.315. The minimum Gasteiger partial charge on any atom is -0.496 e. The molecule has 0 unspecified atom stereocenters. The van der Waals surface area contributed by atoms with Gasteiger partial charge in [-0.1, -0.05) is 12.1 Å². The Hall–Kier alpha value is -1.78. The Bertz CT molecular complexity index is 563. The zero-order chi connectivity index (χ0) is 14.5. The van der Waals surface area contributed by atoms with Gasteiger partial charge < -0.3 is 14.9 Å². The molecule has 0 fully saturated rings. The lowest BCUT2D eigenvalue weighted by Gasteiger charge is -2.17. The van der Waals surface area contributed by atoms with E-state index in [1.807, 2.05) is 19.1 Å². The first-order chi connectivity index (χ1) is 9.63. The summed E-state index contributed by atoms with van der Waals surface area (Å²) < 4.78 is 10.7. The van der Waals surface area contributed by atoms with Gasteiger partial charge in [-0.2, -0.15) is 0 Å². The average Bonchev–Trinajstić information content (AvgIpc) is 2.84. The minimum absolute atomic E-state index is 0.494. The van der Waals surface area contributed by atoms with Gasteiger partial charge in [0, 0.05) is 30.8 Å². The summed E-state index contributed by atoms with van der Waals surface area (Å²) in [6.07, 6.45) is 1.73. The smallest absolute Gasteiger partial charge is 0.123 e. The standard InChI is InChI=1S/C16H22N2O2/c1-12-15(6-7-20-12)11-18(2)10-13-4-5-14(9-17)16(8-13)19-3/h4-8H,9-11,17H2,1-3H3. The molecular weight excluding hydrogens is 252 g/mol. The van der Waals surface area contributed by atoms with Crippen molar-refractivity contribution in [2.45, 2.75) is 26.6 Å². The van der Waals surface area contributed by atoms with Crippen LogP contribution < -0.4 is 10.5 Å². The van der Waals surface area contributed by atoms with E-state index in [4.69, 9.17) is 14.9 Å². The molecule has 0 spiro atoms. The normalized spacial score (nSPS) is 11.1. The van der Waals surface area contributed by atoms with E-state index in [2.05, 4.69) is 24.1 Å². The number of furan rings is 1. The van der Waals surface area contributed by atoms with Crippen LogP contribution in [0.1, 0.15) is 22.5 Å². The Kier molecular flexibility index (Phi) is 4.82. The van der Waals surface area contributed by atoms with E-state index >= 15 is 0 Å². The van der Waals surface area contributed by atoms with Crippen molar-refractivity contribution in [3.05, 3.63) is 53.0 Å². The number of hydrogen-bond donors (Lipinski definition) is 1. The quantitative estimate of drug-likeness (QED) is 0.880. The summed E-state index contributed by atoms with van der Waals surface area (Å²) in [5, 5.41) is 0. The highest BCUT2D eigenvalue weighted by molar-refractivity contribution is 5.37. The zero-order valence-electron chi connectivity index (χ0n) is 12.3. The Balaban J connectivity index is 2.04. The zero-order valence-corrected chi connectivity index (χ0v) is 12.3. The van der Waals surface area contributed by atoms with E-state index in [1.165, 1.54) is 11.1 Å². The van der Waals surface area contributed by atoms with Gasteiger partial charge in [0.1, 0.15) is 11.5 Å². The molecule has 0 aliphatic rings. The van der Waals surface area contributed by atoms with E-state index in [9.17, 15) is 0 Å². The molecule has 2 rings (SSSR count). The number of benzene rings is 1. The second kappa shape index (κ2) is 6.59. The van der Waals surface area contributed by atoms with Crippen LogP contribution in [-0.4, -0.2) is 19.1 Å². The van der Waals surface area contributed by atoms with Crippen LogP contribution >= 0.6 is 0 Å². The first-order valence-corrected chi connectivity index (χ1v) is 6.71. The van der Waals surface area contributed by atoms with Crippen molar-refractivity contribution in [1.29, 1.82) is 0 Å². The molecule has 2 aromatic rings. The monoisotopic (exact) mass is 274 g/mol. The average molecular weight is 274 g/mol. The van der Waals surface area contributed by atoms with Crippen molar-refractivity contribution in [3.63, 3.8) is 0 Å². The Morgan fingerprint density at radius 2 is 2.00 bits per heavy atom. The number of aryl methyl sites for hydroxylation is 1. The number of nitrogens with two attached hydrogens (primary N) is 1. The molecule has 0 atom stereocenters. The van der Waals surface area contributed by atoms with Gasteiger partial charge in [0.15, 0.2) is 0 Å². The largest absolute Gasteiger partial charge is 0.496 e. The van der Waals surface area contributed by atoms with Crippen molar-refractivity contribution in [3.8, 4) is 5.75 Å². The van der Waals surface area contributed by atoms with E-state index < -0.39 is 0 Å². The number of nitrogens with zero attached hydrogens (tertiary/aromatic N) is 1. The fraction of sp³-hybridized carbons (Fsp3) is 0.375. The molecule has 0 radical (unpaired) electrons. The highest BCUT2D eigenvalue weighted by Gasteiger charge is 2.08. The Labute approximate surface area is 120 Å². The fourth-order valence-electron chi connectivity index (χ4n) is 2.29. The molecule has 108 valence electrons. The summed E-state index contributed by atoms with van der Waals surface area (Å²) in [6.45, 7) is 4.20. The van der Waals surface area contributed by atoms with Gasteiger partial charge in [-0.05, 0) is 31.7 Å². The molecule has 2 N–H and O–H groups in total. The first kappa shape index (κ1) is 14.6. The van der Waals surface area contributed by atoms with Gasteiger partial charge in [0.05, 0.1) is 13.4 Å². The van der Waals surface area contributed by atoms with Gasteiger partial charge in [-0.25, -0.2) is 0 Å². The van der Waals surface area contributed by atoms with Crippen LogP contribution in [-0.2, 0) is 19.6 Å². The lowest BCUT2D eigenvalue weighted by atomic mass is 10.1. The fourth-order valence-corrected chi connectivity index (χ4v) is 2.29. The molecule has 1 aromatic carbocycles. The van der Waals surface area contributed by atoms with Gasteiger partial charge in [0.25, 0.3) is 0 Å². The van der Waals surface area contributed by atoms with Gasteiger partial charge in [-0.15, -0.1) is 0 Å². The third-order valence-electron chi connectivity index (χ3n) is 3.43. The second-order valence-electron chi connectivity index (χ2n) is 5.02. The summed E-state index contributed by atoms with van der Waals surface area (Å²) in [5.41, 5.74) is 9.15. The third kappa shape index (κ3) is 3.40. The maximum atomic E-state index is 5.68. The molecule has 4 nitrogen and oxygen atoms in total. The second-order valence-corrected chi connectivity index (χ2v) is 5.02. The third-order valence-corrected chi connectivity index (χ3v) is 3.43. The number of ether oxygens (including phenoxy) is 1. The molecule has 0 bridgehead atoms. The van der Waals surface area contributed by atoms with Gasteiger partial charge in [0.2, 0.25) is 0 Å². The SMILES string of the molecule is COc1cc(CN(C)Cc2ccoc2C)ccc1CN. The van der Waals surface area contributed by atoms with Crippen LogP contribution in [0.25, 0.3) is 0 Å². The van der Waals surface area contributed by atoms with Crippen molar-refractivity contribution < 1.29 is 9.15 Å². The van der Waals surface area contributed by atoms with E-state index in [0.29, 0.717) is 6.54 Å². The summed E-state index contributed by atoms with van der Waals surface area (Å²) >= 11 is 0. The van der Waals surface area contributed by atoms with Crippen molar-refractivity contribution >= 4 is 0 Å². The van der Waals surface area contributed by atoms with Crippen LogP contribution in [0.5, 0.6) is 5.75 Å². The maximum absolute atomic E-state index is 5.68. The highest BCUT2D eigenvalue weighted by Crippen LogP contribution is 2.21. The molecule has 4 heteroatoms. The number of rotatable bonds is 6. The Morgan fingerprint density at radius 3 is 2.60 bits per heavy atom. The molecule has 0 amide bonds. The molecule has 0 aliphatic heterocycles. The molecule has 0 saturated heterocycles. The molecule has 0 saturated carbocycles. The minimum atomic E-state index is 0.494. The topological polar surface area (TPSA) is 51.6 Å². The van der Waals surface area contributed by atoms with Crippen LogP contribution in [0.2, 0.25) is 0 Å². The molecule has 1 heterocycles. The summed E-state index contributed by atoms with van der Waals surface area (Å²) in [7, 11) is 3.77. The predicted octanol–water partition coefficient (Wildman–Crippen LogP) is 2.69. The first-order valence-electron chi connectivity index (χ1n) is 6.71. The van der Waals surface area contributed by atoms with Crippen LogP contribution in [0.15, 0.2) is 34.9 Å². The van der Waals surface area contributed by atoms with E-state index in [1.54, 1.807) is 13.4 Å². The van der Waals surface area contributed by atoms with Crippen molar-refractivity contribution in [2.24, 2.45) is 5.73 Å². The number of methoxy groups -OCH3 is 1. The highest BCUT2D eigenvalue weighted by atomic mass is 16.5. The molecular formula is C16H22N2O2. The number of hydrogen-bond acceptors (Lipinski definition) is 4. The Morgan fingerprint density at radius 1 is 1.20 bits per heavy atom. The van der Waals surface area contributed by atoms with Crippen molar-refractivity contribution in [2.75, 3.05) is 14.2 Å². The van der Waals surface area contributed by atoms with Crippen molar-refractivity contribution in [1.82, 2.24) is 4.90 Å². The summed E-state index contributed by atoms with van der Waals surface area (Å²) in [5.74, 6) is 1.84. The molecule has 20 heavy (non-hydrogen) atoms. The molecule has 1 aromatic heterocycles. The van der Waals surface area contributed by atoms with Gasteiger partial charge >= 0.3 is 0 Å². The van der Waals surface area contributed by atoms with Crippen LogP contribution in [0, 0.1) is 6.92 Å². The predicted molar refractivity (Wildman–Crippen MR) is 79.5 cm³/mol. The summed E-state index contributed by atoms with van der Waals surface area (Å²) in [4.78, 5) is 2.24. The maximum Gasteiger partial charge on any atom is 0.123 e. The molecule has 0 aliphatic carbocycles. The van der Waals surface area contributed by atoms with Gasteiger partial charge in [-0.3, -0.25) is 4.90 Å². The van der Waals surface area contributed by atoms with E-state index in [0.717, 1.165) is 30.2 Å². The van der Waals surface area contributed by atoms with Crippen LogP contribution in [0.4, 0.5) is 0 Å². The van der Waals surface area contributed by atoms with Crippen LogP contribution in [0.3, 0.4) is 0 Å². The summed E-state index contributed by atoms with van der Waals surface area (Å²) in [6, 6.07) is 8.21. The van der Waals surface area contributed by atoms with E-state index in [-0.39, 0.29) is 0 Å². The lowest BCUT2D eigenvalue weighted by Crippen LogP contribution is -2.17.